The molecule has 0 saturated heterocycles. The molecule has 3 heteroatoms. The second kappa shape index (κ2) is 7.05. The summed E-state index contributed by atoms with van der Waals surface area (Å²) in [6, 6.07) is 2.81. The lowest BCUT2D eigenvalue weighted by Gasteiger charge is -2.05. The highest BCUT2D eigenvalue weighted by Crippen LogP contribution is 2.22. The summed E-state index contributed by atoms with van der Waals surface area (Å²) in [5.41, 5.74) is 1.35. The number of hydrogen-bond donors (Lipinski definition) is 1. The Balaban J connectivity index is 2.46. The molecule has 0 unspecified atom stereocenters. The van der Waals surface area contributed by atoms with Crippen molar-refractivity contribution in [2.24, 2.45) is 0 Å². The highest BCUT2D eigenvalue weighted by atomic mass is 32.1. The molecule has 16 heavy (non-hydrogen) atoms. The van der Waals surface area contributed by atoms with Crippen molar-refractivity contribution in [3.63, 3.8) is 0 Å². The van der Waals surface area contributed by atoms with Gasteiger partial charge in [-0.1, -0.05) is 20.8 Å². The molecule has 0 aliphatic heterocycles. The lowest BCUT2D eigenvalue weighted by Crippen LogP contribution is -2.21. The van der Waals surface area contributed by atoms with Crippen molar-refractivity contribution in [3.05, 3.63) is 21.4 Å². The van der Waals surface area contributed by atoms with Gasteiger partial charge in [0.15, 0.2) is 0 Å². The summed E-state index contributed by atoms with van der Waals surface area (Å²) in [6.45, 7) is 11.2. The average Bonchev–Trinajstić information content (AvgIpc) is 2.57. The Morgan fingerprint density at radius 2 is 2.19 bits per heavy atom. The summed E-state index contributed by atoms with van der Waals surface area (Å²) in [4.78, 5) is 2.79. The molecule has 0 aliphatic rings. The van der Waals surface area contributed by atoms with Crippen LogP contribution in [0.5, 0.6) is 0 Å². The zero-order valence-electron chi connectivity index (χ0n) is 10.8. The monoisotopic (exact) mass is 241 g/mol. The highest BCUT2D eigenvalue weighted by Gasteiger charge is 2.05. The SMILES string of the molecule is CCCOCc1cc(CNC(C)C)sc1C. The van der Waals surface area contributed by atoms with Crippen LogP contribution in [0.15, 0.2) is 6.07 Å². The number of nitrogens with one attached hydrogen (secondary N) is 1. The van der Waals surface area contributed by atoms with Gasteiger partial charge in [-0.3, -0.25) is 0 Å². The minimum absolute atomic E-state index is 0.544. The predicted octanol–water partition coefficient (Wildman–Crippen LogP) is 3.48. The minimum Gasteiger partial charge on any atom is -0.377 e. The Hall–Kier alpha value is -0.380. The molecule has 1 N–H and O–H groups in total. The topological polar surface area (TPSA) is 21.3 Å². The van der Waals surface area contributed by atoms with E-state index in [0.29, 0.717) is 6.04 Å². The number of aryl methyl sites for hydroxylation is 1. The first kappa shape index (κ1) is 13.7. The maximum Gasteiger partial charge on any atom is 0.0727 e. The zero-order chi connectivity index (χ0) is 12.0. The zero-order valence-corrected chi connectivity index (χ0v) is 11.6. The Bertz CT molecular complexity index is 307. The normalized spacial score (nSPS) is 11.3. The molecule has 92 valence electrons. The molecule has 0 fully saturated rings. The predicted molar refractivity (Wildman–Crippen MR) is 71.0 cm³/mol. The summed E-state index contributed by atoms with van der Waals surface area (Å²) < 4.78 is 5.57. The Kier molecular flexibility index (Phi) is 6.03. The van der Waals surface area contributed by atoms with E-state index in [1.54, 1.807) is 0 Å². The first-order chi connectivity index (χ1) is 7.63. The molecular weight excluding hydrogens is 218 g/mol. The van der Waals surface area contributed by atoms with Crippen molar-refractivity contribution in [1.82, 2.24) is 5.32 Å². The van der Waals surface area contributed by atoms with Crippen molar-refractivity contribution in [1.29, 1.82) is 0 Å². The van der Waals surface area contributed by atoms with Crippen LogP contribution in [-0.2, 0) is 17.9 Å². The van der Waals surface area contributed by atoms with Gasteiger partial charge in [0, 0.05) is 28.9 Å². The van der Waals surface area contributed by atoms with Crippen LogP contribution < -0.4 is 5.32 Å². The maximum atomic E-state index is 5.57. The third kappa shape index (κ3) is 4.64. The van der Waals surface area contributed by atoms with Gasteiger partial charge in [0.05, 0.1) is 6.61 Å². The van der Waals surface area contributed by atoms with Crippen LogP contribution in [-0.4, -0.2) is 12.6 Å². The van der Waals surface area contributed by atoms with Gasteiger partial charge < -0.3 is 10.1 Å². The van der Waals surface area contributed by atoms with Gasteiger partial charge in [-0.25, -0.2) is 0 Å². The van der Waals surface area contributed by atoms with E-state index < -0.39 is 0 Å². The maximum absolute atomic E-state index is 5.57. The Labute approximate surface area is 103 Å². The molecule has 0 bridgehead atoms. The van der Waals surface area contributed by atoms with Gasteiger partial charge in [0.1, 0.15) is 0 Å². The molecule has 0 atom stereocenters. The van der Waals surface area contributed by atoms with Crippen LogP contribution in [0.4, 0.5) is 0 Å². The van der Waals surface area contributed by atoms with Crippen molar-refractivity contribution in [2.45, 2.75) is 53.3 Å². The summed E-state index contributed by atoms with van der Waals surface area (Å²) >= 11 is 1.87. The van der Waals surface area contributed by atoms with E-state index in [1.165, 1.54) is 15.3 Å². The minimum atomic E-state index is 0.544. The van der Waals surface area contributed by atoms with E-state index in [0.717, 1.165) is 26.2 Å². The number of ether oxygens (including phenoxy) is 1. The van der Waals surface area contributed by atoms with Gasteiger partial charge in [-0.05, 0) is 25.0 Å². The molecular formula is C13H23NOS. The molecule has 0 radical (unpaired) electrons. The van der Waals surface area contributed by atoms with Crippen molar-refractivity contribution in [2.75, 3.05) is 6.61 Å². The fourth-order valence-electron chi connectivity index (χ4n) is 1.45. The summed E-state index contributed by atoms with van der Waals surface area (Å²) in [5.74, 6) is 0. The van der Waals surface area contributed by atoms with E-state index in [9.17, 15) is 0 Å². The molecule has 1 aromatic rings. The van der Waals surface area contributed by atoms with Crippen LogP contribution in [0, 0.1) is 6.92 Å². The largest absolute Gasteiger partial charge is 0.377 e. The van der Waals surface area contributed by atoms with Gasteiger partial charge in [-0.15, -0.1) is 11.3 Å². The summed E-state index contributed by atoms with van der Waals surface area (Å²) in [7, 11) is 0. The number of hydrogen-bond acceptors (Lipinski definition) is 3. The molecule has 1 heterocycles. The Morgan fingerprint density at radius 3 is 2.81 bits per heavy atom. The van der Waals surface area contributed by atoms with Crippen LogP contribution in [0.25, 0.3) is 0 Å². The highest BCUT2D eigenvalue weighted by molar-refractivity contribution is 7.12. The first-order valence-corrected chi connectivity index (χ1v) is 6.84. The van der Waals surface area contributed by atoms with Gasteiger partial charge in [0.25, 0.3) is 0 Å². The van der Waals surface area contributed by atoms with Crippen molar-refractivity contribution >= 4 is 11.3 Å². The second-order valence-electron chi connectivity index (χ2n) is 4.38. The molecule has 0 amide bonds. The third-order valence-electron chi connectivity index (χ3n) is 2.36. The molecule has 1 rings (SSSR count). The smallest absolute Gasteiger partial charge is 0.0727 e. The van der Waals surface area contributed by atoms with Crippen LogP contribution in [0.1, 0.15) is 42.5 Å². The van der Waals surface area contributed by atoms with Crippen molar-refractivity contribution in [3.8, 4) is 0 Å². The van der Waals surface area contributed by atoms with Crippen LogP contribution in [0.3, 0.4) is 0 Å². The lowest BCUT2D eigenvalue weighted by atomic mass is 10.2. The average molecular weight is 241 g/mol. The van der Waals surface area contributed by atoms with Gasteiger partial charge in [-0.2, -0.15) is 0 Å². The fraction of sp³-hybridized carbons (Fsp3) is 0.692. The summed E-state index contributed by atoms with van der Waals surface area (Å²) in [6.07, 6.45) is 1.09. The third-order valence-corrected chi connectivity index (χ3v) is 3.45. The lowest BCUT2D eigenvalue weighted by molar-refractivity contribution is 0.121. The standard InChI is InChI=1S/C13H23NOS/c1-5-6-15-9-12-7-13(16-11(12)4)8-14-10(2)3/h7,10,14H,5-6,8-9H2,1-4H3. The number of rotatable bonds is 7. The fourth-order valence-corrected chi connectivity index (χ4v) is 2.45. The second-order valence-corrected chi connectivity index (χ2v) is 5.72. The van der Waals surface area contributed by atoms with E-state index in [1.807, 2.05) is 11.3 Å². The van der Waals surface area contributed by atoms with E-state index >= 15 is 0 Å². The quantitative estimate of drug-likeness (QED) is 0.738. The van der Waals surface area contributed by atoms with E-state index in [-0.39, 0.29) is 0 Å². The first-order valence-electron chi connectivity index (χ1n) is 6.02. The van der Waals surface area contributed by atoms with Crippen LogP contribution >= 0.6 is 11.3 Å². The molecule has 0 aromatic carbocycles. The van der Waals surface area contributed by atoms with E-state index in [2.05, 4.69) is 39.1 Å². The van der Waals surface area contributed by atoms with Gasteiger partial charge in [0.2, 0.25) is 0 Å². The van der Waals surface area contributed by atoms with E-state index in [4.69, 9.17) is 4.74 Å². The molecule has 2 nitrogen and oxygen atoms in total. The summed E-state index contributed by atoms with van der Waals surface area (Å²) in [5, 5.41) is 3.44. The molecule has 0 saturated carbocycles. The van der Waals surface area contributed by atoms with Crippen LogP contribution in [0.2, 0.25) is 0 Å². The Morgan fingerprint density at radius 1 is 1.44 bits per heavy atom. The number of thiophene rings is 1. The van der Waals surface area contributed by atoms with Crippen molar-refractivity contribution < 1.29 is 4.74 Å². The van der Waals surface area contributed by atoms with Gasteiger partial charge >= 0.3 is 0 Å². The molecule has 0 spiro atoms. The molecule has 1 aromatic heterocycles. The molecule has 0 aliphatic carbocycles.